The molecule has 1 nitrogen and oxygen atoms in total. The van der Waals surface area contributed by atoms with E-state index in [9.17, 15) is 0 Å². The number of hydrogen-bond acceptors (Lipinski definition) is 1. The summed E-state index contributed by atoms with van der Waals surface area (Å²) in [7, 11) is 0. The molecule has 67 valence electrons. The van der Waals surface area contributed by atoms with E-state index in [4.69, 9.17) is 4.74 Å². The lowest BCUT2D eigenvalue weighted by Gasteiger charge is -2.19. The number of hydrogen-bond donors (Lipinski definition) is 0. The van der Waals surface area contributed by atoms with Crippen molar-refractivity contribution in [3.05, 3.63) is 47.6 Å². The monoisotopic (exact) mass is 173 g/mol. The lowest BCUT2D eigenvalue weighted by Crippen LogP contribution is -2.08. The van der Waals surface area contributed by atoms with E-state index in [1.807, 2.05) is 6.92 Å². The van der Waals surface area contributed by atoms with Crippen LogP contribution in [0.25, 0.3) is 6.08 Å². The van der Waals surface area contributed by atoms with Crippen molar-refractivity contribution >= 4 is 6.08 Å². The first-order valence-corrected chi connectivity index (χ1v) is 4.66. The summed E-state index contributed by atoms with van der Waals surface area (Å²) >= 11 is 0. The van der Waals surface area contributed by atoms with Gasteiger partial charge in [0.2, 0.25) is 0 Å². The highest BCUT2D eigenvalue weighted by molar-refractivity contribution is 5.60. The summed E-state index contributed by atoms with van der Waals surface area (Å²) in [6, 6.07) is 8.34. The van der Waals surface area contributed by atoms with Gasteiger partial charge in [-0.1, -0.05) is 36.4 Å². The molecule has 1 aromatic rings. The van der Waals surface area contributed by atoms with E-state index in [1.165, 1.54) is 11.1 Å². The minimum Gasteiger partial charge on any atom is -0.367 e. The molecule has 0 bridgehead atoms. The van der Waals surface area contributed by atoms with E-state index in [-0.39, 0.29) is 0 Å². The third kappa shape index (κ3) is 1.65. The highest BCUT2D eigenvalue weighted by Gasteiger charge is 2.16. The van der Waals surface area contributed by atoms with E-state index >= 15 is 0 Å². The van der Waals surface area contributed by atoms with Crippen molar-refractivity contribution in [2.24, 2.45) is 0 Å². The van der Waals surface area contributed by atoms with Crippen LogP contribution in [0, 0.1) is 6.10 Å². The SMILES string of the molecule is CCO[C]1CC=Cc2ccccc21. The van der Waals surface area contributed by atoms with Gasteiger partial charge in [0.1, 0.15) is 6.10 Å². The number of benzene rings is 1. The summed E-state index contributed by atoms with van der Waals surface area (Å²) < 4.78 is 5.57. The zero-order chi connectivity index (χ0) is 9.10. The summed E-state index contributed by atoms with van der Waals surface area (Å²) in [5.41, 5.74) is 2.50. The minimum absolute atomic E-state index is 0.748. The third-order valence-electron chi connectivity index (χ3n) is 2.18. The van der Waals surface area contributed by atoms with Crippen molar-refractivity contribution in [2.75, 3.05) is 6.61 Å². The van der Waals surface area contributed by atoms with E-state index in [0.717, 1.165) is 19.1 Å². The lowest BCUT2D eigenvalue weighted by molar-refractivity contribution is 0.172. The van der Waals surface area contributed by atoms with Gasteiger partial charge in [-0.15, -0.1) is 0 Å². The third-order valence-corrected chi connectivity index (χ3v) is 2.18. The van der Waals surface area contributed by atoms with E-state index in [0.29, 0.717) is 0 Å². The molecule has 0 amide bonds. The molecular formula is C12H13O. The average Bonchev–Trinajstić information content (AvgIpc) is 2.19. The maximum Gasteiger partial charge on any atom is 0.130 e. The van der Waals surface area contributed by atoms with E-state index < -0.39 is 0 Å². The molecule has 13 heavy (non-hydrogen) atoms. The highest BCUT2D eigenvalue weighted by Crippen LogP contribution is 2.29. The molecule has 0 heterocycles. The molecule has 1 radical (unpaired) electrons. The Hall–Kier alpha value is -1.08. The second kappa shape index (κ2) is 3.75. The Balaban J connectivity index is 2.32. The first-order valence-electron chi connectivity index (χ1n) is 4.66. The normalized spacial score (nSPS) is 15.8. The maximum absolute atomic E-state index is 5.57. The Morgan fingerprint density at radius 3 is 3.00 bits per heavy atom. The van der Waals surface area contributed by atoms with Crippen molar-refractivity contribution < 1.29 is 4.74 Å². The van der Waals surface area contributed by atoms with Crippen LogP contribution in [0.1, 0.15) is 24.5 Å². The first-order chi connectivity index (χ1) is 6.42. The fourth-order valence-electron chi connectivity index (χ4n) is 1.61. The van der Waals surface area contributed by atoms with Crippen LogP contribution >= 0.6 is 0 Å². The van der Waals surface area contributed by atoms with Crippen LogP contribution < -0.4 is 0 Å². The Labute approximate surface area is 79.0 Å². The molecule has 1 aliphatic rings. The molecule has 0 N–H and O–H groups in total. The smallest absolute Gasteiger partial charge is 0.130 e. The minimum atomic E-state index is 0.748. The highest BCUT2D eigenvalue weighted by atomic mass is 16.5. The van der Waals surface area contributed by atoms with E-state index in [1.54, 1.807) is 0 Å². The van der Waals surface area contributed by atoms with Crippen molar-refractivity contribution in [1.82, 2.24) is 0 Å². The standard InChI is InChI=1S/C12H13O/c1-2-13-12-9-5-7-10-6-3-4-8-11(10)12/h3-8H,2,9H2,1H3. The number of rotatable bonds is 2. The number of ether oxygens (including phenoxy) is 1. The van der Waals surface area contributed by atoms with Gasteiger partial charge >= 0.3 is 0 Å². The molecule has 0 fully saturated rings. The van der Waals surface area contributed by atoms with Gasteiger partial charge in [0.15, 0.2) is 0 Å². The summed E-state index contributed by atoms with van der Waals surface area (Å²) in [5, 5.41) is 0. The van der Waals surface area contributed by atoms with Gasteiger partial charge in [-0.25, -0.2) is 0 Å². The van der Waals surface area contributed by atoms with E-state index in [2.05, 4.69) is 36.4 Å². The number of fused-ring (bicyclic) bond motifs is 1. The van der Waals surface area contributed by atoms with Gasteiger partial charge in [0.05, 0.1) is 0 Å². The second-order valence-electron chi connectivity index (χ2n) is 3.05. The van der Waals surface area contributed by atoms with Crippen LogP contribution in [0.5, 0.6) is 0 Å². The Morgan fingerprint density at radius 1 is 1.31 bits per heavy atom. The summed E-state index contributed by atoms with van der Waals surface area (Å²) in [4.78, 5) is 0. The van der Waals surface area contributed by atoms with Gasteiger partial charge in [-0.05, 0) is 18.1 Å². The van der Waals surface area contributed by atoms with Crippen molar-refractivity contribution in [1.29, 1.82) is 0 Å². The van der Waals surface area contributed by atoms with Crippen molar-refractivity contribution in [3.63, 3.8) is 0 Å². The average molecular weight is 173 g/mol. The molecule has 2 rings (SSSR count). The fraction of sp³-hybridized carbons (Fsp3) is 0.250. The van der Waals surface area contributed by atoms with Crippen LogP contribution in [-0.4, -0.2) is 6.61 Å². The quantitative estimate of drug-likeness (QED) is 0.668. The first kappa shape index (κ1) is 8.52. The van der Waals surface area contributed by atoms with Crippen molar-refractivity contribution in [3.8, 4) is 0 Å². The van der Waals surface area contributed by atoms with Gasteiger partial charge in [0, 0.05) is 13.0 Å². The van der Waals surface area contributed by atoms with Gasteiger partial charge in [-0.2, -0.15) is 0 Å². The second-order valence-corrected chi connectivity index (χ2v) is 3.05. The molecule has 0 spiro atoms. The molecule has 0 aliphatic heterocycles. The molecule has 1 heteroatoms. The Bertz CT molecular complexity index is 315. The summed E-state index contributed by atoms with van der Waals surface area (Å²) in [6.45, 7) is 2.77. The van der Waals surface area contributed by atoms with Crippen LogP contribution in [0.3, 0.4) is 0 Å². The van der Waals surface area contributed by atoms with Crippen molar-refractivity contribution in [2.45, 2.75) is 13.3 Å². The predicted octanol–water partition coefficient (Wildman–Crippen LogP) is 3.02. The Kier molecular flexibility index (Phi) is 2.46. The zero-order valence-electron chi connectivity index (χ0n) is 7.79. The molecule has 0 aromatic heterocycles. The molecule has 0 atom stereocenters. The molecular weight excluding hydrogens is 160 g/mol. The van der Waals surface area contributed by atoms with Gasteiger partial charge in [0.25, 0.3) is 0 Å². The molecule has 0 unspecified atom stereocenters. The van der Waals surface area contributed by atoms with Gasteiger partial charge < -0.3 is 4.74 Å². The van der Waals surface area contributed by atoms with Gasteiger partial charge in [-0.3, -0.25) is 0 Å². The zero-order valence-corrected chi connectivity index (χ0v) is 7.79. The van der Waals surface area contributed by atoms with Crippen LogP contribution in [0.15, 0.2) is 30.3 Å². The Morgan fingerprint density at radius 2 is 2.15 bits per heavy atom. The fourth-order valence-corrected chi connectivity index (χ4v) is 1.61. The largest absolute Gasteiger partial charge is 0.367 e. The molecule has 0 saturated heterocycles. The lowest BCUT2D eigenvalue weighted by atomic mass is 9.95. The van der Waals surface area contributed by atoms with Crippen LogP contribution in [0.2, 0.25) is 0 Å². The molecule has 1 aliphatic carbocycles. The van der Waals surface area contributed by atoms with Crippen LogP contribution in [0.4, 0.5) is 0 Å². The summed E-state index contributed by atoms with van der Waals surface area (Å²) in [5.74, 6) is 0. The molecule has 1 aromatic carbocycles. The molecule has 0 saturated carbocycles. The summed E-state index contributed by atoms with van der Waals surface area (Å²) in [6.07, 6.45) is 6.32. The predicted molar refractivity (Wildman–Crippen MR) is 54.1 cm³/mol. The maximum atomic E-state index is 5.57. The topological polar surface area (TPSA) is 9.23 Å². The van der Waals surface area contributed by atoms with Crippen LogP contribution in [-0.2, 0) is 4.74 Å².